The molecule has 186 valence electrons. The van der Waals surface area contributed by atoms with Crippen LogP contribution in [0.3, 0.4) is 0 Å². The van der Waals surface area contributed by atoms with Crippen molar-refractivity contribution in [3.8, 4) is 28.4 Å². The van der Waals surface area contributed by atoms with Gasteiger partial charge in [-0.1, -0.05) is 59.9 Å². The molecule has 0 unspecified atom stereocenters. The van der Waals surface area contributed by atoms with Crippen molar-refractivity contribution in [2.24, 2.45) is 0 Å². The summed E-state index contributed by atoms with van der Waals surface area (Å²) in [4.78, 5) is 26.6. The number of thiazole rings is 1. The van der Waals surface area contributed by atoms with E-state index in [0.29, 0.717) is 29.3 Å². The van der Waals surface area contributed by atoms with Gasteiger partial charge >= 0.3 is 4.87 Å². The number of hydrogen-bond donors (Lipinski definition) is 1. The minimum absolute atomic E-state index is 0.127. The Balaban J connectivity index is 1.54. The molecule has 7 heteroatoms. The zero-order valence-corrected chi connectivity index (χ0v) is 21.6. The highest BCUT2D eigenvalue weighted by Crippen LogP contribution is 2.37. The van der Waals surface area contributed by atoms with E-state index in [1.54, 1.807) is 30.9 Å². The molecule has 6 nitrogen and oxygen atoms in total. The van der Waals surface area contributed by atoms with Crippen molar-refractivity contribution in [2.75, 3.05) is 20.8 Å². The van der Waals surface area contributed by atoms with E-state index in [0.717, 1.165) is 46.7 Å². The molecule has 36 heavy (non-hydrogen) atoms. The molecule has 0 aliphatic heterocycles. The molecule has 1 amide bonds. The van der Waals surface area contributed by atoms with Gasteiger partial charge in [-0.2, -0.15) is 0 Å². The fourth-order valence-electron chi connectivity index (χ4n) is 4.28. The predicted molar refractivity (Wildman–Crippen MR) is 145 cm³/mol. The van der Waals surface area contributed by atoms with Gasteiger partial charge in [0.2, 0.25) is 0 Å². The van der Waals surface area contributed by atoms with Crippen LogP contribution in [-0.2, 0) is 6.42 Å². The van der Waals surface area contributed by atoms with E-state index < -0.39 is 0 Å². The van der Waals surface area contributed by atoms with Crippen LogP contribution in [0.5, 0.6) is 11.5 Å². The fourth-order valence-corrected chi connectivity index (χ4v) is 5.13. The molecule has 0 bridgehead atoms. The Morgan fingerprint density at radius 3 is 2.47 bits per heavy atom. The number of aryl methyl sites for hydroxylation is 2. The minimum Gasteiger partial charge on any atom is -0.493 e. The van der Waals surface area contributed by atoms with Crippen LogP contribution >= 0.6 is 11.3 Å². The van der Waals surface area contributed by atoms with Crippen LogP contribution in [0.4, 0.5) is 0 Å². The van der Waals surface area contributed by atoms with Crippen molar-refractivity contribution in [3.63, 3.8) is 0 Å². The van der Waals surface area contributed by atoms with Gasteiger partial charge in [-0.05, 0) is 56.0 Å². The standard InChI is InChI=1S/C29H30N2O4S/c1-20-26(31(29(33)36-20)24-16-10-17-25(34-2)27(24)35-3)22-14-9-15-23(19-22)28(32)30-18-8-7-13-21-11-5-4-6-12-21/h4-6,9-12,14-17,19H,7-8,13,18H2,1-3H3,(H,30,32). The number of benzene rings is 3. The van der Waals surface area contributed by atoms with Crippen LogP contribution in [0.1, 0.15) is 33.6 Å². The van der Waals surface area contributed by atoms with Gasteiger partial charge < -0.3 is 14.8 Å². The summed E-state index contributed by atoms with van der Waals surface area (Å²) in [7, 11) is 3.12. The molecular weight excluding hydrogens is 472 g/mol. The van der Waals surface area contributed by atoms with Crippen LogP contribution in [0.25, 0.3) is 16.9 Å². The average molecular weight is 503 g/mol. The number of carbonyl (C=O) groups excluding carboxylic acids is 1. The van der Waals surface area contributed by atoms with Gasteiger partial charge in [0.25, 0.3) is 5.91 Å². The maximum Gasteiger partial charge on any atom is 0.312 e. The van der Waals surface area contributed by atoms with Gasteiger partial charge in [0.1, 0.15) is 0 Å². The number of carbonyl (C=O) groups is 1. The Morgan fingerprint density at radius 1 is 0.944 bits per heavy atom. The van der Waals surface area contributed by atoms with Crippen molar-refractivity contribution in [3.05, 3.63) is 98.5 Å². The molecule has 4 aromatic rings. The summed E-state index contributed by atoms with van der Waals surface area (Å²) in [6.45, 7) is 2.52. The van der Waals surface area contributed by atoms with E-state index in [-0.39, 0.29) is 10.8 Å². The van der Waals surface area contributed by atoms with Gasteiger partial charge in [0.05, 0.1) is 25.6 Å². The first-order valence-electron chi connectivity index (χ1n) is 11.9. The summed E-state index contributed by atoms with van der Waals surface area (Å²) in [6, 6.07) is 23.2. The summed E-state index contributed by atoms with van der Waals surface area (Å²) >= 11 is 1.16. The van der Waals surface area contributed by atoms with Crippen molar-refractivity contribution < 1.29 is 14.3 Å². The van der Waals surface area contributed by atoms with Gasteiger partial charge in [0, 0.05) is 22.5 Å². The second-order valence-electron chi connectivity index (χ2n) is 8.40. The Hall–Kier alpha value is -3.84. The number of ether oxygens (including phenoxy) is 2. The summed E-state index contributed by atoms with van der Waals surface area (Å²) in [5, 5.41) is 3.02. The van der Waals surface area contributed by atoms with Crippen LogP contribution < -0.4 is 19.7 Å². The number of rotatable bonds is 10. The first-order valence-corrected chi connectivity index (χ1v) is 12.7. The third-order valence-corrected chi connectivity index (χ3v) is 6.88. The lowest BCUT2D eigenvalue weighted by atomic mass is 10.1. The molecule has 4 rings (SSSR count). The van der Waals surface area contributed by atoms with E-state index in [4.69, 9.17) is 9.47 Å². The second kappa shape index (κ2) is 11.7. The number of unbranched alkanes of at least 4 members (excludes halogenated alkanes) is 1. The molecule has 1 aromatic heterocycles. The van der Waals surface area contributed by atoms with Gasteiger partial charge in [-0.15, -0.1) is 0 Å². The maximum atomic E-state index is 13.0. The molecule has 0 saturated heterocycles. The number of nitrogens with one attached hydrogen (secondary N) is 1. The quantitative estimate of drug-likeness (QED) is 0.285. The average Bonchev–Trinajstić information content (AvgIpc) is 3.21. The molecular formula is C29H30N2O4S. The van der Waals surface area contributed by atoms with E-state index >= 15 is 0 Å². The smallest absolute Gasteiger partial charge is 0.312 e. The molecule has 0 saturated carbocycles. The molecule has 0 atom stereocenters. The number of aromatic nitrogens is 1. The molecule has 1 N–H and O–H groups in total. The Morgan fingerprint density at radius 2 is 1.72 bits per heavy atom. The number of para-hydroxylation sites is 1. The van der Waals surface area contributed by atoms with Gasteiger partial charge in [0.15, 0.2) is 11.5 Å². The topological polar surface area (TPSA) is 69.6 Å². The first kappa shape index (κ1) is 25.3. The zero-order valence-electron chi connectivity index (χ0n) is 20.7. The predicted octanol–water partition coefficient (Wildman–Crippen LogP) is 5.64. The monoisotopic (exact) mass is 502 g/mol. The molecule has 0 aliphatic rings. The van der Waals surface area contributed by atoms with Crippen molar-refractivity contribution in [1.82, 2.24) is 9.88 Å². The second-order valence-corrected chi connectivity index (χ2v) is 9.57. The lowest BCUT2D eigenvalue weighted by Gasteiger charge is -2.15. The normalized spacial score (nSPS) is 10.8. The van der Waals surface area contributed by atoms with Gasteiger partial charge in [-0.25, -0.2) is 0 Å². The summed E-state index contributed by atoms with van der Waals surface area (Å²) < 4.78 is 12.6. The zero-order chi connectivity index (χ0) is 25.5. The molecule has 0 fully saturated rings. The highest BCUT2D eigenvalue weighted by Gasteiger charge is 2.21. The number of nitrogens with zero attached hydrogens (tertiary/aromatic N) is 1. The summed E-state index contributed by atoms with van der Waals surface area (Å²) in [5.41, 5.74) is 3.97. The van der Waals surface area contributed by atoms with Crippen molar-refractivity contribution in [1.29, 1.82) is 0 Å². The maximum absolute atomic E-state index is 13.0. The molecule has 3 aromatic carbocycles. The number of methoxy groups -OCH3 is 2. The largest absolute Gasteiger partial charge is 0.493 e. The molecule has 0 radical (unpaired) electrons. The molecule has 0 aliphatic carbocycles. The Kier molecular flexibility index (Phi) is 8.23. The van der Waals surface area contributed by atoms with E-state index in [2.05, 4.69) is 17.4 Å². The highest BCUT2D eigenvalue weighted by atomic mass is 32.1. The van der Waals surface area contributed by atoms with E-state index in [1.807, 2.05) is 55.5 Å². The molecule has 0 spiro atoms. The summed E-state index contributed by atoms with van der Waals surface area (Å²) in [5.74, 6) is 0.889. The Bertz CT molecular complexity index is 1390. The number of hydrogen-bond acceptors (Lipinski definition) is 5. The van der Waals surface area contributed by atoms with Crippen molar-refractivity contribution >= 4 is 17.2 Å². The van der Waals surface area contributed by atoms with Crippen LogP contribution in [0, 0.1) is 6.92 Å². The minimum atomic E-state index is -0.137. The third-order valence-electron chi connectivity index (χ3n) is 6.02. The SMILES string of the molecule is COc1cccc(-n2c(-c3cccc(C(=O)NCCCCc4ccccc4)c3)c(C)sc2=O)c1OC. The van der Waals surface area contributed by atoms with Gasteiger partial charge in [-0.3, -0.25) is 14.2 Å². The van der Waals surface area contributed by atoms with Crippen molar-refractivity contribution in [2.45, 2.75) is 26.2 Å². The van der Waals surface area contributed by atoms with Crippen LogP contribution in [0.15, 0.2) is 77.6 Å². The Labute approximate surface area is 215 Å². The molecule has 1 heterocycles. The van der Waals surface area contributed by atoms with E-state index in [9.17, 15) is 9.59 Å². The highest BCUT2D eigenvalue weighted by molar-refractivity contribution is 7.09. The van der Waals surface area contributed by atoms with Crippen LogP contribution in [0.2, 0.25) is 0 Å². The third kappa shape index (κ3) is 5.52. The first-order chi connectivity index (χ1) is 17.5. The fraction of sp³-hybridized carbons (Fsp3) is 0.241. The lowest BCUT2D eigenvalue weighted by Crippen LogP contribution is -2.24. The summed E-state index contributed by atoms with van der Waals surface area (Å²) in [6.07, 6.45) is 2.90. The number of amides is 1. The van der Waals surface area contributed by atoms with E-state index in [1.165, 1.54) is 5.56 Å². The lowest BCUT2D eigenvalue weighted by molar-refractivity contribution is 0.0953. The van der Waals surface area contributed by atoms with Crippen LogP contribution in [-0.4, -0.2) is 31.2 Å².